The maximum absolute atomic E-state index is 11.9. The molecular formula is C12H12F3NO3. The van der Waals surface area contributed by atoms with Gasteiger partial charge in [-0.15, -0.1) is 0 Å². The van der Waals surface area contributed by atoms with Crippen molar-refractivity contribution in [3.63, 3.8) is 0 Å². The number of amides is 1. The number of carbonyl (C=O) groups is 1. The van der Waals surface area contributed by atoms with Gasteiger partial charge in [-0.25, -0.2) is 0 Å². The number of furan rings is 1. The third kappa shape index (κ3) is 4.13. The molecule has 1 fully saturated rings. The van der Waals surface area contributed by atoms with Gasteiger partial charge in [0.1, 0.15) is 12.4 Å². The molecule has 4 nitrogen and oxygen atoms in total. The van der Waals surface area contributed by atoms with Crippen molar-refractivity contribution < 1.29 is 27.1 Å². The van der Waals surface area contributed by atoms with Crippen molar-refractivity contribution in [1.82, 2.24) is 4.90 Å². The molecule has 0 radical (unpaired) electrons. The van der Waals surface area contributed by atoms with E-state index in [1.165, 1.54) is 23.3 Å². The number of likely N-dealkylation sites (tertiary alicyclic amines) is 1. The predicted octanol–water partition coefficient (Wildman–Crippen LogP) is 2.08. The Labute approximate surface area is 107 Å². The minimum Gasteiger partial charge on any atom is -0.465 e. The van der Waals surface area contributed by atoms with E-state index in [1.807, 2.05) is 0 Å². The van der Waals surface area contributed by atoms with Crippen LogP contribution < -0.4 is 0 Å². The van der Waals surface area contributed by atoms with Crippen LogP contribution in [0.5, 0.6) is 0 Å². The minimum absolute atomic E-state index is 0.178. The molecule has 7 heteroatoms. The van der Waals surface area contributed by atoms with Gasteiger partial charge in [0.2, 0.25) is 5.91 Å². The summed E-state index contributed by atoms with van der Waals surface area (Å²) in [5, 5.41) is 0. The van der Waals surface area contributed by atoms with Gasteiger partial charge < -0.3 is 14.1 Å². The van der Waals surface area contributed by atoms with Gasteiger partial charge in [-0.2, -0.15) is 13.2 Å². The molecule has 0 atom stereocenters. The van der Waals surface area contributed by atoms with E-state index < -0.39 is 18.9 Å². The zero-order valence-corrected chi connectivity index (χ0v) is 9.89. The fraction of sp³-hybridized carbons (Fsp3) is 0.417. The van der Waals surface area contributed by atoms with Gasteiger partial charge in [0, 0.05) is 19.2 Å². The van der Waals surface area contributed by atoms with Gasteiger partial charge in [-0.1, -0.05) is 0 Å². The summed E-state index contributed by atoms with van der Waals surface area (Å²) in [5.74, 6) is 0.266. The lowest BCUT2D eigenvalue weighted by Gasteiger charge is -2.38. The SMILES string of the molecule is O=C(C=Cc1ccco1)N1CC(OCC(F)(F)F)C1. The number of hydrogen-bond donors (Lipinski definition) is 0. The highest BCUT2D eigenvalue weighted by atomic mass is 19.4. The summed E-state index contributed by atoms with van der Waals surface area (Å²) in [6.45, 7) is -0.920. The number of ether oxygens (including phenoxy) is 1. The first-order valence-electron chi connectivity index (χ1n) is 5.63. The van der Waals surface area contributed by atoms with E-state index in [-0.39, 0.29) is 19.0 Å². The Balaban J connectivity index is 1.70. The van der Waals surface area contributed by atoms with E-state index in [1.54, 1.807) is 12.1 Å². The molecule has 19 heavy (non-hydrogen) atoms. The van der Waals surface area contributed by atoms with Crippen molar-refractivity contribution in [2.75, 3.05) is 19.7 Å². The van der Waals surface area contributed by atoms with Crippen LogP contribution >= 0.6 is 0 Å². The highest BCUT2D eigenvalue weighted by molar-refractivity contribution is 5.92. The third-order valence-corrected chi connectivity index (χ3v) is 2.58. The van der Waals surface area contributed by atoms with E-state index in [4.69, 9.17) is 4.42 Å². The first-order chi connectivity index (χ1) is 8.94. The van der Waals surface area contributed by atoms with Crippen LogP contribution in [0.1, 0.15) is 5.76 Å². The average molecular weight is 275 g/mol. The van der Waals surface area contributed by atoms with Crippen molar-refractivity contribution in [3.05, 3.63) is 30.2 Å². The Morgan fingerprint density at radius 3 is 2.84 bits per heavy atom. The molecule has 104 valence electrons. The molecule has 1 aliphatic rings. The van der Waals surface area contributed by atoms with Gasteiger partial charge in [-0.3, -0.25) is 4.79 Å². The molecule has 0 unspecified atom stereocenters. The van der Waals surface area contributed by atoms with Gasteiger partial charge in [-0.05, 0) is 18.2 Å². The number of hydrogen-bond acceptors (Lipinski definition) is 3. The van der Waals surface area contributed by atoms with Gasteiger partial charge in [0.05, 0.1) is 12.4 Å². The lowest BCUT2D eigenvalue weighted by molar-refractivity contribution is -0.199. The third-order valence-electron chi connectivity index (χ3n) is 2.58. The fourth-order valence-corrected chi connectivity index (χ4v) is 1.58. The summed E-state index contributed by atoms with van der Waals surface area (Å²) < 4.78 is 45.3. The van der Waals surface area contributed by atoms with Crippen molar-refractivity contribution in [2.24, 2.45) is 0 Å². The van der Waals surface area contributed by atoms with Gasteiger partial charge in [0.25, 0.3) is 0 Å². The Bertz CT molecular complexity index is 447. The number of alkyl halides is 3. The van der Waals surface area contributed by atoms with Crippen LogP contribution in [0.15, 0.2) is 28.9 Å². The maximum atomic E-state index is 11.9. The molecule has 0 spiro atoms. The number of rotatable bonds is 4. The minimum atomic E-state index is -4.33. The van der Waals surface area contributed by atoms with Crippen LogP contribution in [0.2, 0.25) is 0 Å². The normalized spacial score (nSPS) is 16.9. The van der Waals surface area contributed by atoms with Crippen LogP contribution in [0.4, 0.5) is 13.2 Å². The molecule has 1 aromatic heterocycles. The zero-order chi connectivity index (χ0) is 13.9. The largest absolute Gasteiger partial charge is 0.465 e. The number of halogens is 3. The molecule has 1 aliphatic heterocycles. The monoisotopic (exact) mass is 275 g/mol. The first-order valence-corrected chi connectivity index (χ1v) is 5.63. The standard InChI is InChI=1S/C12H12F3NO3/c13-12(14,15)8-19-10-6-16(7-10)11(17)4-3-9-2-1-5-18-9/h1-5,10H,6-8H2. The van der Waals surface area contributed by atoms with E-state index in [2.05, 4.69) is 4.74 Å². The average Bonchev–Trinajstić information content (AvgIpc) is 2.75. The van der Waals surface area contributed by atoms with Crippen LogP contribution in [0.3, 0.4) is 0 Å². The Hall–Kier alpha value is -1.76. The van der Waals surface area contributed by atoms with Gasteiger partial charge in [0.15, 0.2) is 0 Å². The summed E-state index contributed by atoms with van der Waals surface area (Å²) in [7, 11) is 0. The molecule has 1 aromatic rings. The van der Waals surface area contributed by atoms with Crippen molar-refractivity contribution >= 4 is 12.0 Å². The fourth-order valence-electron chi connectivity index (χ4n) is 1.58. The van der Waals surface area contributed by atoms with Gasteiger partial charge >= 0.3 is 6.18 Å². The molecule has 1 amide bonds. The Morgan fingerprint density at radius 2 is 2.26 bits per heavy atom. The lowest BCUT2D eigenvalue weighted by atomic mass is 10.1. The second-order valence-corrected chi connectivity index (χ2v) is 4.14. The van der Waals surface area contributed by atoms with Crippen LogP contribution in [0.25, 0.3) is 6.08 Å². The predicted molar refractivity (Wildman–Crippen MR) is 60.1 cm³/mol. The van der Waals surface area contributed by atoms with E-state index >= 15 is 0 Å². The molecule has 0 aliphatic carbocycles. The molecule has 0 saturated carbocycles. The van der Waals surface area contributed by atoms with Crippen molar-refractivity contribution in [3.8, 4) is 0 Å². The van der Waals surface area contributed by atoms with E-state index in [9.17, 15) is 18.0 Å². The van der Waals surface area contributed by atoms with Crippen LogP contribution in [0, 0.1) is 0 Å². The second-order valence-electron chi connectivity index (χ2n) is 4.14. The highest BCUT2D eigenvalue weighted by Crippen LogP contribution is 2.19. The van der Waals surface area contributed by atoms with E-state index in [0.717, 1.165) is 0 Å². The van der Waals surface area contributed by atoms with Crippen molar-refractivity contribution in [2.45, 2.75) is 12.3 Å². The topological polar surface area (TPSA) is 42.7 Å². The van der Waals surface area contributed by atoms with Crippen LogP contribution in [-0.2, 0) is 9.53 Å². The Kier molecular flexibility index (Phi) is 3.94. The summed E-state index contributed by atoms with van der Waals surface area (Å²) in [5.41, 5.74) is 0. The molecule has 2 rings (SSSR count). The van der Waals surface area contributed by atoms with E-state index in [0.29, 0.717) is 5.76 Å². The molecular weight excluding hydrogens is 263 g/mol. The number of nitrogens with zero attached hydrogens (tertiary/aromatic N) is 1. The number of carbonyl (C=O) groups excluding carboxylic acids is 1. The summed E-state index contributed by atoms with van der Waals surface area (Å²) in [4.78, 5) is 13.0. The highest BCUT2D eigenvalue weighted by Gasteiger charge is 2.35. The molecule has 2 heterocycles. The summed E-state index contributed by atoms with van der Waals surface area (Å²) >= 11 is 0. The summed E-state index contributed by atoms with van der Waals surface area (Å²) in [6.07, 6.45) is -0.564. The molecule has 0 aromatic carbocycles. The molecule has 0 bridgehead atoms. The quantitative estimate of drug-likeness (QED) is 0.790. The maximum Gasteiger partial charge on any atom is 0.411 e. The van der Waals surface area contributed by atoms with Crippen molar-refractivity contribution in [1.29, 1.82) is 0 Å². The zero-order valence-electron chi connectivity index (χ0n) is 9.89. The Morgan fingerprint density at radius 1 is 1.53 bits per heavy atom. The second kappa shape index (κ2) is 5.48. The smallest absolute Gasteiger partial charge is 0.411 e. The first kappa shape index (κ1) is 13.7. The lowest BCUT2D eigenvalue weighted by Crippen LogP contribution is -2.54. The van der Waals surface area contributed by atoms with Crippen LogP contribution in [-0.4, -0.2) is 42.8 Å². The molecule has 0 N–H and O–H groups in total. The molecule has 1 saturated heterocycles. The summed E-state index contributed by atoms with van der Waals surface area (Å²) in [6, 6.07) is 3.38.